The third-order valence-electron chi connectivity index (χ3n) is 4.96. The van der Waals surface area contributed by atoms with Gasteiger partial charge in [-0.3, -0.25) is 4.79 Å². The van der Waals surface area contributed by atoms with Gasteiger partial charge in [-0.05, 0) is 18.2 Å². The standard InChI is InChI=1S/C25H19N3O3S/c29-20(19-11-12-21-22(15-19)31-14-13-30-21)16-32-25-26-23(17-7-3-1-4-8-17)24(27-28-25)18-9-5-2-6-10-18/h1-12,15H,13-14,16H2. The van der Waals surface area contributed by atoms with Gasteiger partial charge >= 0.3 is 0 Å². The summed E-state index contributed by atoms with van der Waals surface area (Å²) in [6.45, 7) is 0.998. The van der Waals surface area contributed by atoms with Crippen molar-refractivity contribution in [3.05, 3.63) is 84.4 Å². The summed E-state index contributed by atoms with van der Waals surface area (Å²) in [4.78, 5) is 17.5. The highest BCUT2D eigenvalue weighted by Gasteiger charge is 2.17. The predicted octanol–water partition coefficient (Wildman–Crippen LogP) is 4.95. The van der Waals surface area contributed by atoms with E-state index in [4.69, 9.17) is 14.5 Å². The normalized spacial score (nSPS) is 12.4. The molecule has 0 N–H and O–H groups in total. The quantitative estimate of drug-likeness (QED) is 0.309. The Hall–Kier alpha value is -3.71. The third kappa shape index (κ3) is 4.33. The average Bonchev–Trinajstić information content (AvgIpc) is 2.88. The molecule has 0 spiro atoms. The fourth-order valence-corrected chi connectivity index (χ4v) is 4.07. The summed E-state index contributed by atoms with van der Waals surface area (Å²) >= 11 is 1.27. The third-order valence-corrected chi connectivity index (χ3v) is 5.80. The maximum atomic E-state index is 12.8. The van der Waals surface area contributed by atoms with Crippen LogP contribution >= 0.6 is 11.8 Å². The number of fused-ring (bicyclic) bond motifs is 1. The lowest BCUT2D eigenvalue weighted by molar-refractivity contribution is 0.102. The van der Waals surface area contributed by atoms with Crippen LogP contribution in [0.2, 0.25) is 0 Å². The molecule has 0 radical (unpaired) electrons. The molecule has 1 aliphatic rings. The number of aromatic nitrogens is 3. The van der Waals surface area contributed by atoms with E-state index in [0.717, 1.165) is 16.8 Å². The maximum absolute atomic E-state index is 12.8. The van der Waals surface area contributed by atoms with Crippen molar-refractivity contribution < 1.29 is 14.3 Å². The van der Waals surface area contributed by atoms with Crippen molar-refractivity contribution in [3.8, 4) is 34.0 Å². The van der Waals surface area contributed by atoms with Crippen molar-refractivity contribution in [1.29, 1.82) is 0 Å². The number of carbonyl (C=O) groups is 1. The Morgan fingerprint density at radius 2 is 1.44 bits per heavy atom. The van der Waals surface area contributed by atoms with E-state index >= 15 is 0 Å². The van der Waals surface area contributed by atoms with Crippen molar-refractivity contribution in [2.24, 2.45) is 0 Å². The zero-order chi connectivity index (χ0) is 21.8. The lowest BCUT2D eigenvalue weighted by Gasteiger charge is -2.18. The number of carbonyl (C=O) groups excluding carboxylic acids is 1. The highest BCUT2D eigenvalue weighted by molar-refractivity contribution is 7.99. The van der Waals surface area contributed by atoms with Gasteiger partial charge < -0.3 is 9.47 Å². The topological polar surface area (TPSA) is 74.2 Å². The molecule has 1 aliphatic heterocycles. The van der Waals surface area contributed by atoms with Crippen LogP contribution in [-0.2, 0) is 0 Å². The lowest BCUT2D eigenvalue weighted by atomic mass is 10.0. The van der Waals surface area contributed by atoms with Crippen LogP contribution in [0, 0.1) is 0 Å². The first-order chi connectivity index (χ1) is 15.8. The van der Waals surface area contributed by atoms with Crippen LogP contribution in [0.1, 0.15) is 10.4 Å². The molecule has 0 saturated heterocycles. The van der Waals surface area contributed by atoms with Gasteiger partial charge in [-0.2, -0.15) is 0 Å². The number of ketones is 1. The average molecular weight is 442 g/mol. The van der Waals surface area contributed by atoms with E-state index in [9.17, 15) is 4.79 Å². The van der Waals surface area contributed by atoms with E-state index in [-0.39, 0.29) is 11.5 Å². The molecule has 0 unspecified atom stereocenters. The molecule has 4 aromatic rings. The lowest BCUT2D eigenvalue weighted by Crippen LogP contribution is -2.16. The summed E-state index contributed by atoms with van der Waals surface area (Å²) in [6, 6.07) is 25.0. The molecule has 1 aromatic heterocycles. The van der Waals surface area contributed by atoms with Crippen LogP contribution in [-0.4, -0.2) is 39.9 Å². The molecule has 6 nitrogen and oxygen atoms in total. The second-order valence-corrected chi connectivity index (χ2v) is 8.04. The van der Waals surface area contributed by atoms with Gasteiger partial charge in [0, 0.05) is 16.7 Å². The van der Waals surface area contributed by atoms with Crippen LogP contribution < -0.4 is 9.47 Å². The van der Waals surface area contributed by atoms with Crippen molar-refractivity contribution in [3.63, 3.8) is 0 Å². The monoisotopic (exact) mass is 441 g/mol. The van der Waals surface area contributed by atoms with Gasteiger partial charge in [-0.1, -0.05) is 72.4 Å². The molecule has 158 valence electrons. The predicted molar refractivity (Wildman–Crippen MR) is 123 cm³/mol. The number of hydrogen-bond donors (Lipinski definition) is 0. The molecule has 32 heavy (non-hydrogen) atoms. The summed E-state index contributed by atoms with van der Waals surface area (Å²) in [5.41, 5.74) is 3.90. The Bertz CT molecular complexity index is 1250. The first-order valence-corrected chi connectivity index (χ1v) is 11.2. The van der Waals surface area contributed by atoms with Gasteiger partial charge in [0.25, 0.3) is 0 Å². The SMILES string of the molecule is O=C(CSc1nnc(-c2ccccc2)c(-c2ccccc2)n1)c1ccc2c(c1)OCCO2. The van der Waals surface area contributed by atoms with Gasteiger partial charge in [0.15, 0.2) is 17.3 Å². The summed E-state index contributed by atoms with van der Waals surface area (Å²) < 4.78 is 11.1. The molecule has 5 rings (SSSR count). The molecular formula is C25H19N3O3S. The number of benzene rings is 3. The summed E-state index contributed by atoms with van der Waals surface area (Å²) in [6.07, 6.45) is 0. The minimum absolute atomic E-state index is 0.0380. The Morgan fingerprint density at radius 3 is 2.16 bits per heavy atom. The Morgan fingerprint density at radius 1 is 0.781 bits per heavy atom. The minimum Gasteiger partial charge on any atom is -0.486 e. The number of hydrogen-bond acceptors (Lipinski definition) is 7. The van der Waals surface area contributed by atoms with E-state index in [0.29, 0.717) is 41.1 Å². The largest absolute Gasteiger partial charge is 0.486 e. The molecule has 7 heteroatoms. The zero-order valence-corrected chi connectivity index (χ0v) is 17.9. The van der Waals surface area contributed by atoms with Gasteiger partial charge in [-0.15, -0.1) is 10.2 Å². The molecular weight excluding hydrogens is 422 g/mol. The molecule has 0 amide bonds. The van der Waals surface area contributed by atoms with Crippen molar-refractivity contribution in [1.82, 2.24) is 15.2 Å². The molecule has 3 aromatic carbocycles. The van der Waals surface area contributed by atoms with Gasteiger partial charge in [-0.25, -0.2) is 4.98 Å². The molecule has 0 fully saturated rings. The first kappa shape index (κ1) is 20.2. The summed E-state index contributed by atoms with van der Waals surface area (Å²) in [5, 5.41) is 9.19. The molecule has 0 bridgehead atoms. The number of thioether (sulfide) groups is 1. The minimum atomic E-state index is -0.0380. The molecule has 0 saturated carbocycles. The number of Topliss-reactive ketones (excluding diaryl/α,β-unsaturated/α-hetero) is 1. The highest BCUT2D eigenvalue weighted by atomic mass is 32.2. The number of nitrogens with zero attached hydrogens (tertiary/aromatic N) is 3. The highest BCUT2D eigenvalue weighted by Crippen LogP contribution is 2.32. The van der Waals surface area contributed by atoms with Gasteiger partial charge in [0.2, 0.25) is 5.16 Å². The number of ether oxygens (including phenoxy) is 2. The first-order valence-electron chi connectivity index (χ1n) is 10.2. The smallest absolute Gasteiger partial charge is 0.210 e. The van der Waals surface area contributed by atoms with Gasteiger partial charge in [0.05, 0.1) is 5.75 Å². The fraction of sp³-hybridized carbons (Fsp3) is 0.120. The molecule has 2 heterocycles. The molecule has 0 aliphatic carbocycles. The van der Waals surface area contributed by atoms with Crippen molar-refractivity contribution >= 4 is 17.5 Å². The van der Waals surface area contributed by atoms with Crippen LogP contribution in [0.4, 0.5) is 0 Å². The Labute approximate surface area is 189 Å². The van der Waals surface area contributed by atoms with E-state index in [1.165, 1.54) is 11.8 Å². The van der Waals surface area contributed by atoms with E-state index in [1.807, 2.05) is 60.7 Å². The van der Waals surface area contributed by atoms with Gasteiger partial charge in [0.1, 0.15) is 24.6 Å². The van der Waals surface area contributed by atoms with Crippen molar-refractivity contribution in [2.75, 3.05) is 19.0 Å². The second-order valence-electron chi connectivity index (χ2n) is 7.09. The van der Waals surface area contributed by atoms with Crippen LogP contribution in [0.5, 0.6) is 11.5 Å². The summed E-state index contributed by atoms with van der Waals surface area (Å²) in [7, 11) is 0. The molecule has 0 atom stereocenters. The van der Waals surface area contributed by atoms with Crippen LogP contribution in [0.15, 0.2) is 84.0 Å². The number of rotatable bonds is 6. The van der Waals surface area contributed by atoms with Crippen LogP contribution in [0.25, 0.3) is 22.5 Å². The second kappa shape index (κ2) is 9.20. The zero-order valence-electron chi connectivity index (χ0n) is 17.1. The van der Waals surface area contributed by atoms with E-state index in [2.05, 4.69) is 10.2 Å². The van der Waals surface area contributed by atoms with Crippen molar-refractivity contribution in [2.45, 2.75) is 5.16 Å². The fourth-order valence-electron chi connectivity index (χ4n) is 3.39. The summed E-state index contributed by atoms with van der Waals surface area (Å²) in [5.74, 6) is 1.42. The Balaban J connectivity index is 1.39. The Kier molecular flexibility index (Phi) is 5.81. The van der Waals surface area contributed by atoms with E-state index < -0.39 is 0 Å². The maximum Gasteiger partial charge on any atom is 0.210 e. The van der Waals surface area contributed by atoms with E-state index in [1.54, 1.807) is 18.2 Å². The van der Waals surface area contributed by atoms with Crippen LogP contribution in [0.3, 0.4) is 0 Å².